The highest BCUT2D eigenvalue weighted by Gasteiger charge is 2.20. The van der Waals surface area contributed by atoms with Crippen LogP contribution in [0.3, 0.4) is 0 Å². The predicted molar refractivity (Wildman–Crippen MR) is 86.8 cm³/mol. The van der Waals surface area contributed by atoms with Crippen LogP contribution in [0.5, 0.6) is 0 Å². The van der Waals surface area contributed by atoms with Crippen molar-refractivity contribution < 1.29 is 8.81 Å². The number of rotatable bonds is 3. The third-order valence-corrected chi connectivity index (χ3v) is 6.34. The summed E-state index contributed by atoms with van der Waals surface area (Å²) in [6, 6.07) is 8.40. The molecule has 0 radical (unpaired) electrons. The van der Waals surface area contributed by atoms with E-state index in [9.17, 15) is 4.39 Å². The summed E-state index contributed by atoms with van der Waals surface area (Å²) < 4.78 is 21.1. The van der Waals surface area contributed by atoms with Gasteiger partial charge in [0.15, 0.2) is 0 Å². The van der Waals surface area contributed by atoms with Gasteiger partial charge in [0.1, 0.15) is 23.2 Å². The molecule has 2 heterocycles. The minimum Gasteiger partial charge on any atom is -0.459 e. The largest absolute Gasteiger partial charge is 0.459 e. The summed E-state index contributed by atoms with van der Waals surface area (Å²) in [7, 11) is 1.87. The summed E-state index contributed by atoms with van der Waals surface area (Å²) in [6.45, 7) is 0. The number of hydrogen-bond donors (Lipinski definition) is 1. The normalized spacial score (nSPS) is 13.0. The van der Waals surface area contributed by atoms with E-state index in [0.717, 1.165) is 24.3 Å². The van der Waals surface area contributed by atoms with Gasteiger partial charge in [-0.05, 0) is 69.2 Å². The fourth-order valence-corrected chi connectivity index (χ4v) is 4.32. The van der Waals surface area contributed by atoms with Crippen molar-refractivity contribution in [1.82, 2.24) is 5.32 Å². The number of nitrogens with one attached hydrogen (secondary N) is 1. The van der Waals surface area contributed by atoms with E-state index in [0.29, 0.717) is 5.58 Å². The van der Waals surface area contributed by atoms with E-state index in [1.807, 2.05) is 19.2 Å². The molecule has 3 aromatic rings. The highest BCUT2D eigenvalue weighted by Crippen LogP contribution is 2.38. The van der Waals surface area contributed by atoms with E-state index in [4.69, 9.17) is 4.42 Å². The molecule has 3 rings (SSSR count). The van der Waals surface area contributed by atoms with Crippen LogP contribution >= 0.6 is 43.2 Å². The number of thiophene rings is 1. The average molecular weight is 419 g/mol. The van der Waals surface area contributed by atoms with Crippen molar-refractivity contribution in [2.75, 3.05) is 7.05 Å². The number of halogens is 3. The molecule has 0 aliphatic rings. The van der Waals surface area contributed by atoms with Crippen LogP contribution in [0.25, 0.3) is 11.0 Å². The van der Waals surface area contributed by atoms with Gasteiger partial charge in [-0.3, -0.25) is 0 Å². The summed E-state index contributed by atoms with van der Waals surface area (Å²) in [5.41, 5.74) is 0.691. The van der Waals surface area contributed by atoms with Gasteiger partial charge in [0.2, 0.25) is 0 Å². The Labute approximate surface area is 136 Å². The van der Waals surface area contributed by atoms with Gasteiger partial charge in [0, 0.05) is 14.7 Å². The molecule has 0 aliphatic heterocycles. The van der Waals surface area contributed by atoms with E-state index in [2.05, 4.69) is 37.2 Å². The second-order valence-electron chi connectivity index (χ2n) is 4.32. The molecule has 0 saturated carbocycles. The Kier molecular flexibility index (Phi) is 3.99. The topological polar surface area (TPSA) is 25.2 Å². The SMILES string of the molecule is CNC(c1cc2cc(F)ccc2o1)c1cc(Br)c(Br)s1. The summed E-state index contributed by atoms with van der Waals surface area (Å²) in [5.74, 6) is 0.516. The number of hydrogen-bond acceptors (Lipinski definition) is 3. The quantitative estimate of drug-likeness (QED) is 0.610. The van der Waals surface area contributed by atoms with Gasteiger partial charge < -0.3 is 9.73 Å². The van der Waals surface area contributed by atoms with Crippen LogP contribution in [0, 0.1) is 5.82 Å². The standard InChI is InChI=1S/C14H10Br2FNOS/c1-18-13(12-6-9(15)14(16)20-12)11-5-7-4-8(17)2-3-10(7)19-11/h2-6,13,18H,1H3. The van der Waals surface area contributed by atoms with Gasteiger partial charge >= 0.3 is 0 Å². The lowest BCUT2D eigenvalue weighted by Crippen LogP contribution is -2.15. The number of benzene rings is 1. The average Bonchev–Trinajstić information content (AvgIpc) is 2.95. The van der Waals surface area contributed by atoms with Crippen LogP contribution in [-0.4, -0.2) is 7.05 Å². The zero-order valence-corrected chi connectivity index (χ0v) is 14.4. The fourth-order valence-electron chi connectivity index (χ4n) is 2.11. The molecule has 0 aliphatic carbocycles. The summed E-state index contributed by atoms with van der Waals surface area (Å²) in [5, 5.41) is 4.01. The third-order valence-electron chi connectivity index (χ3n) is 3.02. The van der Waals surface area contributed by atoms with Crippen LogP contribution in [0.15, 0.2) is 43.0 Å². The monoisotopic (exact) mass is 417 g/mol. The van der Waals surface area contributed by atoms with E-state index < -0.39 is 0 Å². The zero-order chi connectivity index (χ0) is 14.3. The first-order valence-corrected chi connectivity index (χ1v) is 8.29. The molecule has 0 fully saturated rings. The predicted octanol–water partition coefficient (Wildman–Crippen LogP) is 5.47. The summed E-state index contributed by atoms with van der Waals surface area (Å²) in [4.78, 5) is 1.12. The van der Waals surface area contributed by atoms with E-state index in [-0.39, 0.29) is 11.9 Å². The van der Waals surface area contributed by atoms with Crippen LogP contribution in [0.2, 0.25) is 0 Å². The van der Waals surface area contributed by atoms with Crippen LogP contribution < -0.4 is 5.32 Å². The zero-order valence-electron chi connectivity index (χ0n) is 10.4. The molecular weight excluding hydrogens is 409 g/mol. The minimum absolute atomic E-state index is 0.0574. The first-order chi connectivity index (χ1) is 9.58. The molecule has 0 spiro atoms. The molecule has 104 valence electrons. The molecule has 0 amide bonds. The van der Waals surface area contributed by atoms with Crippen molar-refractivity contribution in [3.05, 3.63) is 55.0 Å². The summed E-state index contributed by atoms with van der Waals surface area (Å²) >= 11 is 8.61. The molecule has 0 saturated heterocycles. The molecule has 0 bridgehead atoms. The lowest BCUT2D eigenvalue weighted by molar-refractivity contribution is 0.495. The lowest BCUT2D eigenvalue weighted by atomic mass is 10.1. The van der Waals surface area contributed by atoms with Crippen molar-refractivity contribution >= 4 is 54.2 Å². The van der Waals surface area contributed by atoms with Crippen molar-refractivity contribution in [3.8, 4) is 0 Å². The molecular formula is C14H10Br2FNOS. The molecule has 1 atom stereocenters. The Morgan fingerprint density at radius 1 is 1.25 bits per heavy atom. The second-order valence-corrected chi connectivity index (χ2v) is 7.58. The van der Waals surface area contributed by atoms with Gasteiger partial charge in [-0.15, -0.1) is 11.3 Å². The Morgan fingerprint density at radius 2 is 2.05 bits per heavy atom. The number of furan rings is 1. The van der Waals surface area contributed by atoms with E-state index in [1.165, 1.54) is 12.1 Å². The van der Waals surface area contributed by atoms with E-state index in [1.54, 1.807) is 17.4 Å². The Morgan fingerprint density at radius 3 is 2.70 bits per heavy atom. The maximum atomic E-state index is 13.2. The molecule has 1 unspecified atom stereocenters. The minimum atomic E-state index is -0.257. The van der Waals surface area contributed by atoms with Gasteiger partial charge in [-0.1, -0.05) is 0 Å². The van der Waals surface area contributed by atoms with Gasteiger partial charge in [0.05, 0.1) is 3.79 Å². The smallest absolute Gasteiger partial charge is 0.134 e. The summed E-state index contributed by atoms with van der Waals surface area (Å²) in [6.07, 6.45) is 0. The first kappa shape index (κ1) is 14.3. The van der Waals surface area contributed by atoms with Gasteiger partial charge in [-0.2, -0.15) is 0 Å². The van der Waals surface area contributed by atoms with Gasteiger partial charge in [-0.25, -0.2) is 4.39 Å². The van der Waals surface area contributed by atoms with Crippen LogP contribution in [0.1, 0.15) is 16.7 Å². The molecule has 1 aromatic carbocycles. The third kappa shape index (κ3) is 2.57. The molecule has 20 heavy (non-hydrogen) atoms. The maximum absolute atomic E-state index is 13.2. The Balaban J connectivity index is 2.06. The molecule has 1 N–H and O–H groups in total. The fraction of sp³-hybridized carbons (Fsp3) is 0.143. The highest BCUT2D eigenvalue weighted by molar-refractivity contribution is 9.13. The molecule has 2 aromatic heterocycles. The van der Waals surface area contributed by atoms with Crippen molar-refractivity contribution in [2.24, 2.45) is 0 Å². The number of fused-ring (bicyclic) bond motifs is 1. The van der Waals surface area contributed by atoms with Crippen LogP contribution in [0.4, 0.5) is 4.39 Å². The Bertz CT molecular complexity index is 748. The van der Waals surface area contributed by atoms with Crippen molar-refractivity contribution in [1.29, 1.82) is 0 Å². The maximum Gasteiger partial charge on any atom is 0.134 e. The second kappa shape index (κ2) is 5.60. The van der Waals surface area contributed by atoms with Crippen molar-refractivity contribution in [3.63, 3.8) is 0 Å². The van der Waals surface area contributed by atoms with Crippen LogP contribution in [-0.2, 0) is 0 Å². The Hall–Kier alpha value is -0.690. The van der Waals surface area contributed by atoms with E-state index >= 15 is 0 Å². The first-order valence-electron chi connectivity index (χ1n) is 5.89. The van der Waals surface area contributed by atoms with Gasteiger partial charge in [0.25, 0.3) is 0 Å². The van der Waals surface area contributed by atoms with Crippen molar-refractivity contribution in [2.45, 2.75) is 6.04 Å². The lowest BCUT2D eigenvalue weighted by Gasteiger charge is -2.10. The molecule has 6 heteroatoms. The molecule has 2 nitrogen and oxygen atoms in total. The highest BCUT2D eigenvalue weighted by atomic mass is 79.9.